The summed E-state index contributed by atoms with van der Waals surface area (Å²) in [6.07, 6.45) is 7.64. The van der Waals surface area contributed by atoms with Gasteiger partial charge >= 0.3 is 0 Å². The molecule has 0 aliphatic carbocycles. The lowest BCUT2D eigenvalue weighted by Gasteiger charge is -2.05. The molecule has 0 radical (unpaired) electrons. The van der Waals surface area contributed by atoms with Gasteiger partial charge in [-0.15, -0.1) is 0 Å². The number of carbonyl (C=O) groups is 1. The number of aromatic nitrogens is 1. The summed E-state index contributed by atoms with van der Waals surface area (Å²) in [5, 5.41) is 2.94. The molecule has 0 saturated carbocycles. The van der Waals surface area contributed by atoms with Crippen molar-refractivity contribution in [3.63, 3.8) is 0 Å². The largest absolute Gasteiger partial charge is 0.497 e. The molecule has 0 bridgehead atoms. The van der Waals surface area contributed by atoms with Crippen molar-refractivity contribution in [2.45, 2.75) is 0 Å². The van der Waals surface area contributed by atoms with E-state index in [4.69, 9.17) is 9.47 Å². The number of anilines is 1. The van der Waals surface area contributed by atoms with Gasteiger partial charge < -0.3 is 19.8 Å². The van der Waals surface area contributed by atoms with Crippen LogP contribution in [0.3, 0.4) is 0 Å². The third-order valence-electron chi connectivity index (χ3n) is 4.68. The van der Waals surface area contributed by atoms with E-state index in [1.54, 1.807) is 20.4 Å². The van der Waals surface area contributed by atoms with Gasteiger partial charge in [0, 0.05) is 17.4 Å². The minimum Gasteiger partial charge on any atom is -0.497 e. The molecule has 0 atom stereocenters. The van der Waals surface area contributed by atoms with Crippen LogP contribution in [0.4, 0.5) is 5.69 Å². The zero-order valence-corrected chi connectivity index (χ0v) is 15.7. The van der Waals surface area contributed by atoms with Crippen molar-refractivity contribution in [1.82, 2.24) is 4.98 Å². The van der Waals surface area contributed by atoms with Crippen LogP contribution in [0.1, 0.15) is 22.4 Å². The lowest BCUT2D eigenvalue weighted by Crippen LogP contribution is -2.03. The van der Waals surface area contributed by atoms with Gasteiger partial charge in [-0.05, 0) is 41.5 Å². The summed E-state index contributed by atoms with van der Waals surface area (Å²) in [4.78, 5) is 15.7. The molecule has 0 saturated heterocycles. The Morgan fingerprint density at radius 1 is 0.929 bits per heavy atom. The second-order valence-electron chi connectivity index (χ2n) is 6.35. The summed E-state index contributed by atoms with van der Waals surface area (Å²) in [7, 11) is 3.26. The van der Waals surface area contributed by atoms with Crippen LogP contribution in [0, 0.1) is 0 Å². The number of nitrogens with one attached hydrogen (secondary N) is 2. The molecule has 140 valence electrons. The number of hydrogen-bond acceptors (Lipinski definition) is 3. The molecule has 0 spiro atoms. The van der Waals surface area contributed by atoms with E-state index < -0.39 is 0 Å². The van der Waals surface area contributed by atoms with E-state index in [-0.39, 0.29) is 5.91 Å². The Hall–Kier alpha value is -3.73. The standard InChI is InChI=1S/C23H20N2O3/c1-27-17-10-7-15(8-11-17)6-9-16-4-3-5-19-22(16)18(23(26)25-19)14-20-21(28-2)12-13-24-20/h3-14,24H,1-2H3,(H,25,26). The number of hydrogen-bond donors (Lipinski definition) is 2. The summed E-state index contributed by atoms with van der Waals surface area (Å²) in [5.74, 6) is 1.38. The Bertz CT molecular complexity index is 1080. The number of carbonyl (C=O) groups excluding carboxylic acids is 1. The van der Waals surface area contributed by atoms with Crippen LogP contribution in [0.2, 0.25) is 0 Å². The lowest BCUT2D eigenvalue weighted by molar-refractivity contribution is -0.110. The zero-order chi connectivity index (χ0) is 19.5. The maximum absolute atomic E-state index is 12.6. The van der Waals surface area contributed by atoms with E-state index in [9.17, 15) is 4.79 Å². The first kappa shape index (κ1) is 17.7. The van der Waals surface area contributed by atoms with Gasteiger partial charge in [0.1, 0.15) is 11.5 Å². The summed E-state index contributed by atoms with van der Waals surface area (Å²) in [6.45, 7) is 0. The second kappa shape index (κ2) is 7.48. The molecule has 2 heterocycles. The minimum atomic E-state index is -0.128. The molecule has 1 aromatic heterocycles. The van der Waals surface area contributed by atoms with Gasteiger partial charge in [-0.3, -0.25) is 4.79 Å². The molecule has 1 aliphatic rings. The minimum absolute atomic E-state index is 0.128. The van der Waals surface area contributed by atoms with Crippen LogP contribution in [-0.2, 0) is 4.79 Å². The predicted molar refractivity (Wildman–Crippen MR) is 112 cm³/mol. The van der Waals surface area contributed by atoms with Gasteiger partial charge in [-0.2, -0.15) is 0 Å². The van der Waals surface area contributed by atoms with Crippen molar-refractivity contribution < 1.29 is 14.3 Å². The first-order valence-corrected chi connectivity index (χ1v) is 8.89. The van der Waals surface area contributed by atoms with E-state index in [0.717, 1.165) is 33.8 Å². The van der Waals surface area contributed by atoms with Gasteiger partial charge in [0.2, 0.25) is 0 Å². The third-order valence-corrected chi connectivity index (χ3v) is 4.68. The number of ether oxygens (including phenoxy) is 2. The molecule has 2 N–H and O–H groups in total. The number of H-pyrrole nitrogens is 1. The highest BCUT2D eigenvalue weighted by Gasteiger charge is 2.26. The molecule has 2 aromatic carbocycles. The number of fused-ring (bicyclic) bond motifs is 1. The maximum Gasteiger partial charge on any atom is 0.256 e. The molecular formula is C23H20N2O3. The first-order chi connectivity index (χ1) is 13.7. The molecule has 28 heavy (non-hydrogen) atoms. The summed E-state index contributed by atoms with van der Waals surface area (Å²) in [5.41, 5.74) is 5.06. The van der Waals surface area contributed by atoms with Crippen LogP contribution in [0.5, 0.6) is 11.5 Å². The zero-order valence-electron chi connectivity index (χ0n) is 15.7. The maximum atomic E-state index is 12.6. The van der Waals surface area contributed by atoms with E-state index in [1.165, 1.54) is 0 Å². The van der Waals surface area contributed by atoms with Crippen LogP contribution in [-0.4, -0.2) is 25.1 Å². The fraction of sp³-hybridized carbons (Fsp3) is 0.0870. The fourth-order valence-electron chi connectivity index (χ4n) is 3.26. The average molecular weight is 372 g/mol. The van der Waals surface area contributed by atoms with Crippen LogP contribution in [0.15, 0.2) is 54.7 Å². The Morgan fingerprint density at radius 3 is 2.50 bits per heavy atom. The van der Waals surface area contributed by atoms with Crippen molar-refractivity contribution >= 4 is 35.4 Å². The number of methoxy groups -OCH3 is 2. The lowest BCUT2D eigenvalue weighted by atomic mass is 9.98. The van der Waals surface area contributed by atoms with Gasteiger partial charge in [0.15, 0.2) is 0 Å². The van der Waals surface area contributed by atoms with Crippen LogP contribution in [0.25, 0.3) is 23.8 Å². The Balaban J connectivity index is 1.73. The average Bonchev–Trinajstić information content (AvgIpc) is 3.31. The smallest absolute Gasteiger partial charge is 0.256 e. The molecule has 1 amide bonds. The van der Waals surface area contributed by atoms with Gasteiger partial charge in [0.05, 0.1) is 25.5 Å². The molecular weight excluding hydrogens is 352 g/mol. The molecule has 1 aliphatic heterocycles. The molecule has 5 nitrogen and oxygen atoms in total. The molecule has 0 fully saturated rings. The summed E-state index contributed by atoms with van der Waals surface area (Å²) < 4.78 is 10.5. The molecule has 0 unspecified atom stereocenters. The highest BCUT2D eigenvalue weighted by Crippen LogP contribution is 2.37. The van der Waals surface area contributed by atoms with Crippen molar-refractivity contribution in [3.05, 3.63) is 77.1 Å². The topological polar surface area (TPSA) is 63.4 Å². The monoisotopic (exact) mass is 372 g/mol. The molecule has 3 aromatic rings. The van der Waals surface area contributed by atoms with Crippen LogP contribution >= 0.6 is 0 Å². The quantitative estimate of drug-likeness (QED) is 0.504. The van der Waals surface area contributed by atoms with E-state index in [0.29, 0.717) is 11.3 Å². The second-order valence-corrected chi connectivity index (χ2v) is 6.35. The van der Waals surface area contributed by atoms with Gasteiger partial charge in [-0.1, -0.05) is 36.4 Å². The number of rotatable bonds is 5. The third kappa shape index (κ3) is 3.30. The number of aromatic amines is 1. The van der Waals surface area contributed by atoms with Crippen molar-refractivity contribution in [3.8, 4) is 11.5 Å². The van der Waals surface area contributed by atoms with Crippen molar-refractivity contribution in [1.29, 1.82) is 0 Å². The predicted octanol–water partition coefficient (Wildman–Crippen LogP) is 4.70. The summed E-state index contributed by atoms with van der Waals surface area (Å²) >= 11 is 0. The van der Waals surface area contributed by atoms with Crippen molar-refractivity contribution in [2.24, 2.45) is 0 Å². The van der Waals surface area contributed by atoms with E-state index >= 15 is 0 Å². The van der Waals surface area contributed by atoms with Crippen molar-refractivity contribution in [2.75, 3.05) is 19.5 Å². The highest BCUT2D eigenvalue weighted by atomic mass is 16.5. The van der Waals surface area contributed by atoms with E-state index in [1.807, 2.05) is 66.8 Å². The molecule has 5 heteroatoms. The normalized spacial score (nSPS) is 14.4. The number of amides is 1. The Morgan fingerprint density at radius 2 is 1.75 bits per heavy atom. The number of benzene rings is 2. The first-order valence-electron chi connectivity index (χ1n) is 8.89. The van der Waals surface area contributed by atoms with Gasteiger partial charge in [0.25, 0.3) is 5.91 Å². The fourth-order valence-corrected chi connectivity index (χ4v) is 3.26. The van der Waals surface area contributed by atoms with E-state index in [2.05, 4.69) is 10.3 Å². The molecule has 4 rings (SSSR count). The summed E-state index contributed by atoms with van der Waals surface area (Å²) in [6, 6.07) is 15.5. The van der Waals surface area contributed by atoms with Gasteiger partial charge in [-0.25, -0.2) is 0 Å². The van der Waals surface area contributed by atoms with Crippen LogP contribution < -0.4 is 14.8 Å². The SMILES string of the molecule is COc1ccc(C=Cc2cccc3c2C(=Cc2[nH]ccc2OC)C(=O)N3)cc1. The highest BCUT2D eigenvalue weighted by molar-refractivity contribution is 6.35. The Labute approximate surface area is 163 Å². The Kier molecular flexibility index (Phi) is 4.72.